The van der Waals surface area contributed by atoms with Gasteiger partial charge in [0.1, 0.15) is 0 Å². The summed E-state index contributed by atoms with van der Waals surface area (Å²) in [6.07, 6.45) is 4.21. The number of benzene rings is 1. The van der Waals surface area contributed by atoms with Gasteiger partial charge in [-0.2, -0.15) is 0 Å². The van der Waals surface area contributed by atoms with Crippen LogP contribution < -0.4 is 4.72 Å². The van der Waals surface area contributed by atoms with Gasteiger partial charge < -0.3 is 5.11 Å². The van der Waals surface area contributed by atoms with Crippen LogP contribution in [0.2, 0.25) is 0 Å². The topological polar surface area (TPSA) is 79.3 Å². The van der Waals surface area contributed by atoms with E-state index in [2.05, 4.69) is 9.71 Å². The molecule has 0 saturated heterocycles. The maximum absolute atomic E-state index is 12.6. The SMILES string of the molecule is O=S(=O)(NC1CCCCC1O)c1cccc2ncccc12. The van der Waals surface area contributed by atoms with E-state index in [9.17, 15) is 13.5 Å². The quantitative estimate of drug-likeness (QED) is 0.906. The van der Waals surface area contributed by atoms with Gasteiger partial charge in [0, 0.05) is 17.6 Å². The van der Waals surface area contributed by atoms with Crippen molar-refractivity contribution in [2.24, 2.45) is 0 Å². The van der Waals surface area contributed by atoms with Gasteiger partial charge in [0.05, 0.1) is 16.5 Å². The molecule has 2 atom stereocenters. The Morgan fingerprint density at radius 2 is 1.95 bits per heavy atom. The zero-order valence-electron chi connectivity index (χ0n) is 11.6. The minimum atomic E-state index is -3.67. The Morgan fingerprint density at radius 3 is 2.76 bits per heavy atom. The summed E-state index contributed by atoms with van der Waals surface area (Å²) in [5, 5.41) is 10.5. The number of fused-ring (bicyclic) bond motifs is 1. The fourth-order valence-electron chi connectivity index (χ4n) is 2.82. The lowest BCUT2D eigenvalue weighted by Crippen LogP contribution is -2.44. The van der Waals surface area contributed by atoms with Crippen molar-refractivity contribution in [2.45, 2.75) is 42.7 Å². The highest BCUT2D eigenvalue weighted by molar-refractivity contribution is 7.89. The van der Waals surface area contributed by atoms with E-state index in [0.717, 1.165) is 12.8 Å². The number of aliphatic hydroxyl groups is 1. The highest BCUT2D eigenvalue weighted by atomic mass is 32.2. The van der Waals surface area contributed by atoms with Crippen molar-refractivity contribution in [3.63, 3.8) is 0 Å². The van der Waals surface area contributed by atoms with Crippen molar-refractivity contribution in [1.29, 1.82) is 0 Å². The van der Waals surface area contributed by atoms with Crippen molar-refractivity contribution in [3.8, 4) is 0 Å². The summed E-state index contributed by atoms with van der Waals surface area (Å²) >= 11 is 0. The minimum absolute atomic E-state index is 0.214. The molecule has 21 heavy (non-hydrogen) atoms. The van der Waals surface area contributed by atoms with Gasteiger partial charge in [0.2, 0.25) is 10.0 Å². The standard InChI is InChI=1S/C15H18N2O3S/c18-14-8-2-1-6-13(14)17-21(19,20)15-9-3-7-12-11(15)5-4-10-16-12/h3-5,7,9-10,13-14,17-18H,1-2,6,8H2. The van der Waals surface area contributed by atoms with Crippen LogP contribution in [0.1, 0.15) is 25.7 Å². The molecular weight excluding hydrogens is 288 g/mol. The van der Waals surface area contributed by atoms with E-state index in [0.29, 0.717) is 23.7 Å². The van der Waals surface area contributed by atoms with Gasteiger partial charge in [-0.05, 0) is 37.1 Å². The Hall–Kier alpha value is -1.50. The van der Waals surface area contributed by atoms with E-state index in [1.165, 1.54) is 0 Å². The van der Waals surface area contributed by atoms with Gasteiger partial charge in [0.15, 0.2) is 0 Å². The second-order valence-corrected chi connectivity index (χ2v) is 7.09. The number of nitrogens with one attached hydrogen (secondary N) is 1. The van der Waals surface area contributed by atoms with Crippen LogP contribution in [0.15, 0.2) is 41.4 Å². The number of rotatable bonds is 3. The van der Waals surface area contributed by atoms with Gasteiger partial charge in [-0.3, -0.25) is 4.98 Å². The summed E-state index contributed by atoms with van der Waals surface area (Å²) in [5.41, 5.74) is 0.643. The fourth-order valence-corrected chi connectivity index (χ4v) is 4.34. The lowest BCUT2D eigenvalue weighted by atomic mass is 9.93. The molecule has 1 aromatic heterocycles. The third-order valence-electron chi connectivity index (χ3n) is 3.93. The molecule has 2 N–H and O–H groups in total. The summed E-state index contributed by atoms with van der Waals surface area (Å²) in [6.45, 7) is 0. The molecule has 0 bridgehead atoms. The molecule has 0 spiro atoms. The summed E-state index contributed by atoms with van der Waals surface area (Å²) < 4.78 is 27.9. The predicted molar refractivity (Wildman–Crippen MR) is 80.3 cm³/mol. The first-order valence-electron chi connectivity index (χ1n) is 7.12. The zero-order chi connectivity index (χ0) is 14.9. The second-order valence-electron chi connectivity index (χ2n) is 5.41. The van der Waals surface area contributed by atoms with Gasteiger partial charge >= 0.3 is 0 Å². The largest absolute Gasteiger partial charge is 0.391 e. The van der Waals surface area contributed by atoms with Crippen LogP contribution in [-0.4, -0.2) is 30.7 Å². The molecule has 1 aliphatic carbocycles. The molecule has 112 valence electrons. The highest BCUT2D eigenvalue weighted by Gasteiger charge is 2.28. The lowest BCUT2D eigenvalue weighted by Gasteiger charge is -2.28. The Bertz CT molecular complexity index is 740. The van der Waals surface area contributed by atoms with Crippen molar-refractivity contribution in [1.82, 2.24) is 9.71 Å². The Labute approximate surface area is 124 Å². The summed E-state index contributed by atoms with van der Waals surface area (Å²) in [7, 11) is -3.67. The van der Waals surface area contributed by atoms with Crippen LogP contribution in [0.3, 0.4) is 0 Å². The van der Waals surface area contributed by atoms with E-state index >= 15 is 0 Å². The van der Waals surface area contributed by atoms with E-state index in [4.69, 9.17) is 0 Å². The number of sulfonamides is 1. The number of nitrogens with zero attached hydrogens (tertiary/aromatic N) is 1. The molecular formula is C15H18N2O3S. The first-order chi connectivity index (χ1) is 10.1. The van der Waals surface area contributed by atoms with E-state index in [-0.39, 0.29) is 4.90 Å². The van der Waals surface area contributed by atoms with Crippen LogP contribution >= 0.6 is 0 Å². The maximum Gasteiger partial charge on any atom is 0.241 e. The minimum Gasteiger partial charge on any atom is -0.391 e. The summed E-state index contributed by atoms with van der Waals surface area (Å²) in [6, 6.07) is 8.09. The zero-order valence-corrected chi connectivity index (χ0v) is 12.4. The molecule has 3 rings (SSSR count). The van der Waals surface area contributed by atoms with Crippen LogP contribution in [0.25, 0.3) is 10.9 Å². The second kappa shape index (κ2) is 5.71. The molecule has 1 heterocycles. The molecule has 0 radical (unpaired) electrons. The molecule has 6 heteroatoms. The van der Waals surface area contributed by atoms with Gasteiger partial charge in [0.25, 0.3) is 0 Å². The fraction of sp³-hybridized carbons (Fsp3) is 0.400. The molecule has 5 nitrogen and oxygen atoms in total. The first-order valence-corrected chi connectivity index (χ1v) is 8.60. The molecule has 2 unspecified atom stereocenters. The Morgan fingerprint density at radius 1 is 1.14 bits per heavy atom. The molecule has 1 aromatic carbocycles. The molecule has 1 aliphatic rings. The van der Waals surface area contributed by atoms with Gasteiger partial charge in [-0.15, -0.1) is 0 Å². The predicted octanol–water partition coefficient (Wildman–Crippen LogP) is 1.82. The number of hydrogen-bond acceptors (Lipinski definition) is 4. The smallest absolute Gasteiger partial charge is 0.241 e. The lowest BCUT2D eigenvalue weighted by molar-refractivity contribution is 0.101. The Balaban J connectivity index is 1.97. The molecule has 1 fully saturated rings. The van der Waals surface area contributed by atoms with Crippen molar-refractivity contribution >= 4 is 20.9 Å². The Kier molecular flexibility index (Phi) is 3.93. The summed E-state index contributed by atoms with van der Waals surface area (Å²) in [5.74, 6) is 0. The number of hydrogen-bond donors (Lipinski definition) is 2. The van der Waals surface area contributed by atoms with Crippen molar-refractivity contribution in [2.75, 3.05) is 0 Å². The monoisotopic (exact) mass is 306 g/mol. The average Bonchev–Trinajstić information content (AvgIpc) is 2.49. The average molecular weight is 306 g/mol. The van der Waals surface area contributed by atoms with Crippen molar-refractivity contribution < 1.29 is 13.5 Å². The summed E-state index contributed by atoms with van der Waals surface area (Å²) in [4.78, 5) is 4.39. The third-order valence-corrected chi connectivity index (χ3v) is 5.48. The maximum atomic E-state index is 12.6. The van der Waals surface area contributed by atoms with E-state index < -0.39 is 22.2 Å². The van der Waals surface area contributed by atoms with E-state index in [1.807, 2.05) is 0 Å². The van der Waals surface area contributed by atoms with Crippen LogP contribution in [-0.2, 0) is 10.0 Å². The van der Waals surface area contributed by atoms with Crippen LogP contribution in [0.5, 0.6) is 0 Å². The van der Waals surface area contributed by atoms with Gasteiger partial charge in [-0.1, -0.05) is 18.9 Å². The molecule has 2 aromatic rings. The number of aliphatic hydroxyl groups excluding tert-OH is 1. The van der Waals surface area contributed by atoms with Crippen molar-refractivity contribution in [3.05, 3.63) is 36.5 Å². The third kappa shape index (κ3) is 2.92. The van der Waals surface area contributed by atoms with Crippen LogP contribution in [0.4, 0.5) is 0 Å². The molecule has 0 aliphatic heterocycles. The number of aromatic nitrogens is 1. The first kappa shape index (κ1) is 14.4. The highest BCUT2D eigenvalue weighted by Crippen LogP contribution is 2.24. The van der Waals surface area contributed by atoms with E-state index in [1.54, 1.807) is 36.5 Å². The molecule has 0 amide bonds. The number of pyridine rings is 1. The molecule has 1 saturated carbocycles. The van der Waals surface area contributed by atoms with Gasteiger partial charge in [-0.25, -0.2) is 13.1 Å². The van der Waals surface area contributed by atoms with Crippen LogP contribution in [0, 0.1) is 0 Å². The normalized spacial score (nSPS) is 23.3.